The van der Waals surface area contributed by atoms with Crippen LogP contribution < -0.4 is 10.1 Å². The van der Waals surface area contributed by atoms with Gasteiger partial charge in [-0.1, -0.05) is 19.9 Å². The largest absolute Gasteiger partial charge is 0.504 e. The number of hydrogen-bond acceptors (Lipinski definition) is 4. The van der Waals surface area contributed by atoms with Crippen molar-refractivity contribution in [3.8, 4) is 11.5 Å². The van der Waals surface area contributed by atoms with Gasteiger partial charge in [-0.3, -0.25) is 0 Å². The van der Waals surface area contributed by atoms with Crippen molar-refractivity contribution in [3.05, 3.63) is 46.9 Å². The van der Waals surface area contributed by atoms with Crippen LogP contribution in [0.2, 0.25) is 0 Å². The molecule has 146 valence electrons. The molecule has 1 atom stereocenters. The second-order valence-electron chi connectivity index (χ2n) is 8.15. The van der Waals surface area contributed by atoms with E-state index in [4.69, 9.17) is 9.15 Å². The summed E-state index contributed by atoms with van der Waals surface area (Å²) in [6.45, 7) is 6.71. The van der Waals surface area contributed by atoms with Crippen LogP contribution in [0.3, 0.4) is 0 Å². The molecular formula is C21H28N2O4. The van der Waals surface area contributed by atoms with E-state index in [0.29, 0.717) is 12.3 Å². The highest BCUT2D eigenvalue weighted by atomic mass is 16.5. The molecule has 0 aliphatic heterocycles. The number of carbonyl (C=O) groups excluding carboxylic acids is 1. The van der Waals surface area contributed by atoms with E-state index in [-0.39, 0.29) is 23.2 Å². The summed E-state index contributed by atoms with van der Waals surface area (Å²) >= 11 is 0. The topological polar surface area (TPSA) is 74.9 Å². The second kappa shape index (κ2) is 7.18. The summed E-state index contributed by atoms with van der Waals surface area (Å²) in [5.41, 5.74) is 1.97. The lowest BCUT2D eigenvalue weighted by molar-refractivity contribution is 0.188. The number of carbonyl (C=O) groups is 1. The molecule has 1 heterocycles. The number of aryl methyl sites for hydroxylation is 1. The predicted molar refractivity (Wildman–Crippen MR) is 103 cm³/mol. The molecule has 0 bridgehead atoms. The summed E-state index contributed by atoms with van der Waals surface area (Å²) < 4.78 is 10.9. The van der Waals surface area contributed by atoms with Crippen molar-refractivity contribution < 1.29 is 19.1 Å². The fourth-order valence-corrected chi connectivity index (χ4v) is 3.75. The van der Waals surface area contributed by atoms with E-state index in [0.717, 1.165) is 35.5 Å². The Bertz CT molecular complexity index is 841. The van der Waals surface area contributed by atoms with Gasteiger partial charge < -0.3 is 24.5 Å². The molecule has 3 rings (SSSR count). The zero-order chi connectivity index (χ0) is 19.8. The predicted octanol–water partition coefficient (Wildman–Crippen LogP) is 4.16. The number of rotatable bonds is 4. The van der Waals surface area contributed by atoms with Gasteiger partial charge in [-0.25, -0.2) is 4.79 Å². The number of fused-ring (bicyclic) bond motifs is 1. The molecule has 1 aliphatic rings. The van der Waals surface area contributed by atoms with Gasteiger partial charge in [0, 0.05) is 25.6 Å². The number of amides is 2. The van der Waals surface area contributed by atoms with Crippen molar-refractivity contribution in [1.82, 2.24) is 10.2 Å². The number of nitrogens with one attached hydrogen (secondary N) is 1. The third-order valence-corrected chi connectivity index (χ3v) is 5.04. The van der Waals surface area contributed by atoms with Crippen LogP contribution in [0.15, 0.2) is 28.7 Å². The number of phenols is 1. The summed E-state index contributed by atoms with van der Waals surface area (Å²) in [5.74, 6) is 2.32. The van der Waals surface area contributed by atoms with E-state index in [1.165, 1.54) is 7.11 Å². The van der Waals surface area contributed by atoms with Gasteiger partial charge in [0.05, 0.1) is 13.2 Å². The monoisotopic (exact) mass is 372 g/mol. The summed E-state index contributed by atoms with van der Waals surface area (Å²) in [6, 6.07) is 6.95. The number of hydrogen-bond donors (Lipinski definition) is 2. The van der Waals surface area contributed by atoms with Gasteiger partial charge in [0.25, 0.3) is 0 Å². The molecular weight excluding hydrogens is 344 g/mol. The van der Waals surface area contributed by atoms with Crippen molar-refractivity contribution in [1.29, 1.82) is 0 Å². The molecule has 0 saturated carbocycles. The third-order valence-electron chi connectivity index (χ3n) is 5.04. The number of methoxy groups -OCH3 is 1. The van der Waals surface area contributed by atoms with E-state index in [2.05, 4.69) is 19.2 Å². The molecule has 1 unspecified atom stereocenters. The Hall–Kier alpha value is -2.63. The molecule has 6 heteroatoms. The molecule has 27 heavy (non-hydrogen) atoms. The van der Waals surface area contributed by atoms with Crippen LogP contribution in [0.25, 0.3) is 0 Å². The molecule has 1 aromatic heterocycles. The molecule has 0 spiro atoms. The van der Waals surface area contributed by atoms with Gasteiger partial charge >= 0.3 is 6.03 Å². The lowest BCUT2D eigenvalue weighted by Gasteiger charge is -2.35. The van der Waals surface area contributed by atoms with Gasteiger partial charge in [0.15, 0.2) is 11.5 Å². The Labute approximate surface area is 160 Å². The molecule has 0 radical (unpaired) electrons. The van der Waals surface area contributed by atoms with Crippen LogP contribution in [0.1, 0.15) is 49.0 Å². The molecule has 2 aromatic rings. The van der Waals surface area contributed by atoms with Gasteiger partial charge in [0.2, 0.25) is 0 Å². The zero-order valence-electron chi connectivity index (χ0n) is 16.6. The molecule has 6 nitrogen and oxygen atoms in total. The fourth-order valence-electron chi connectivity index (χ4n) is 3.75. The summed E-state index contributed by atoms with van der Waals surface area (Å²) in [4.78, 5) is 14.4. The normalized spacial score (nSPS) is 17.9. The average Bonchev–Trinajstić information content (AvgIpc) is 2.94. The highest BCUT2D eigenvalue weighted by Crippen LogP contribution is 2.42. The molecule has 0 fully saturated rings. The first kappa shape index (κ1) is 19.1. The van der Waals surface area contributed by atoms with Crippen molar-refractivity contribution in [2.24, 2.45) is 5.41 Å². The third kappa shape index (κ3) is 4.21. The summed E-state index contributed by atoms with van der Waals surface area (Å²) in [7, 11) is 3.25. The first-order chi connectivity index (χ1) is 12.7. The smallest absolute Gasteiger partial charge is 0.317 e. The van der Waals surface area contributed by atoms with E-state index < -0.39 is 0 Å². The van der Waals surface area contributed by atoms with Crippen molar-refractivity contribution in [3.63, 3.8) is 0 Å². The van der Waals surface area contributed by atoms with Gasteiger partial charge in [-0.15, -0.1) is 0 Å². The molecule has 1 aromatic carbocycles. The lowest BCUT2D eigenvalue weighted by atomic mass is 9.75. The fraction of sp³-hybridized carbons (Fsp3) is 0.476. The van der Waals surface area contributed by atoms with E-state index in [9.17, 15) is 9.90 Å². The molecule has 1 aliphatic carbocycles. The minimum absolute atomic E-state index is 0.0651. The van der Waals surface area contributed by atoms with Gasteiger partial charge in [-0.05, 0) is 42.5 Å². The zero-order valence-corrected chi connectivity index (χ0v) is 16.6. The quantitative estimate of drug-likeness (QED) is 0.845. The van der Waals surface area contributed by atoms with Gasteiger partial charge in [-0.2, -0.15) is 0 Å². The number of ether oxygens (including phenoxy) is 1. The number of phenolic OH excluding ortho intramolecular Hbond substituents is 1. The number of urea groups is 1. The maximum Gasteiger partial charge on any atom is 0.317 e. The number of aromatic hydroxyl groups is 1. The van der Waals surface area contributed by atoms with Crippen LogP contribution in [0.4, 0.5) is 4.79 Å². The minimum Gasteiger partial charge on any atom is -0.504 e. The Balaban J connectivity index is 1.70. The van der Waals surface area contributed by atoms with Crippen LogP contribution in [-0.4, -0.2) is 30.2 Å². The van der Waals surface area contributed by atoms with Crippen molar-refractivity contribution in [2.75, 3.05) is 14.2 Å². The maximum atomic E-state index is 12.7. The Morgan fingerprint density at radius 3 is 2.81 bits per heavy atom. The Morgan fingerprint density at radius 1 is 1.41 bits per heavy atom. The van der Waals surface area contributed by atoms with Crippen LogP contribution in [0, 0.1) is 12.3 Å². The highest BCUT2D eigenvalue weighted by Gasteiger charge is 2.35. The lowest BCUT2D eigenvalue weighted by Crippen LogP contribution is -2.42. The summed E-state index contributed by atoms with van der Waals surface area (Å²) in [5, 5.41) is 13.1. The number of furan rings is 1. The second-order valence-corrected chi connectivity index (χ2v) is 8.15. The maximum absolute atomic E-state index is 12.7. The van der Waals surface area contributed by atoms with Crippen molar-refractivity contribution in [2.45, 2.75) is 46.2 Å². The molecule has 2 N–H and O–H groups in total. The average molecular weight is 372 g/mol. The van der Waals surface area contributed by atoms with Crippen LogP contribution in [0.5, 0.6) is 11.5 Å². The molecule has 2 amide bonds. The van der Waals surface area contributed by atoms with Gasteiger partial charge in [0.1, 0.15) is 11.5 Å². The van der Waals surface area contributed by atoms with E-state index in [1.807, 2.05) is 19.1 Å². The van der Waals surface area contributed by atoms with Crippen LogP contribution >= 0.6 is 0 Å². The summed E-state index contributed by atoms with van der Waals surface area (Å²) in [6.07, 6.45) is 1.74. The first-order valence-corrected chi connectivity index (χ1v) is 9.15. The first-order valence-electron chi connectivity index (χ1n) is 9.15. The number of nitrogens with zero attached hydrogens (tertiary/aromatic N) is 1. The standard InChI is InChI=1S/C21H28N2O4/c1-13-8-15-16(10-21(2,3)11-19(15)27-13)22-20(25)23(4)12-14-6-7-18(26-5)17(24)9-14/h6-9,16,24H,10-12H2,1-5H3,(H,22,25). The Kier molecular flexibility index (Phi) is 5.09. The SMILES string of the molecule is COc1ccc(CN(C)C(=O)NC2CC(C)(C)Cc3oc(C)cc32)cc1O. The van der Waals surface area contributed by atoms with Crippen molar-refractivity contribution >= 4 is 6.03 Å². The molecule has 0 saturated heterocycles. The highest BCUT2D eigenvalue weighted by molar-refractivity contribution is 5.74. The Morgan fingerprint density at radius 2 is 2.15 bits per heavy atom. The van der Waals surface area contributed by atoms with E-state index >= 15 is 0 Å². The van der Waals surface area contributed by atoms with Crippen LogP contribution in [-0.2, 0) is 13.0 Å². The number of benzene rings is 1. The van der Waals surface area contributed by atoms with E-state index in [1.54, 1.807) is 24.1 Å². The minimum atomic E-state index is -0.155.